The summed E-state index contributed by atoms with van der Waals surface area (Å²) < 4.78 is 12.2. The maximum Gasteiger partial charge on any atom is 0.162 e. The van der Waals surface area contributed by atoms with Crippen molar-refractivity contribution in [2.75, 3.05) is 26.2 Å². The van der Waals surface area contributed by atoms with Crippen LogP contribution in [0.2, 0.25) is 0 Å². The summed E-state index contributed by atoms with van der Waals surface area (Å²) in [6.07, 6.45) is 1.48. The molecule has 3 unspecified atom stereocenters. The zero-order valence-corrected chi connectivity index (χ0v) is 15.3. The third kappa shape index (κ3) is 4.00. The molecular formula is C20H31NO2. The highest BCUT2D eigenvalue weighted by atomic mass is 16.6. The van der Waals surface area contributed by atoms with Gasteiger partial charge in [-0.3, -0.25) is 4.90 Å². The van der Waals surface area contributed by atoms with Gasteiger partial charge in [0, 0.05) is 19.6 Å². The van der Waals surface area contributed by atoms with E-state index < -0.39 is 0 Å². The van der Waals surface area contributed by atoms with Gasteiger partial charge in [-0.1, -0.05) is 40.7 Å². The molecule has 1 fully saturated rings. The second-order valence-corrected chi connectivity index (χ2v) is 8.63. The molecule has 3 nitrogen and oxygen atoms in total. The van der Waals surface area contributed by atoms with Gasteiger partial charge in [0.05, 0.1) is 0 Å². The van der Waals surface area contributed by atoms with Crippen LogP contribution in [-0.4, -0.2) is 37.2 Å². The Balaban J connectivity index is 1.67. The number of benzene rings is 1. The lowest BCUT2D eigenvalue weighted by atomic mass is 9.87. The van der Waals surface area contributed by atoms with Crippen LogP contribution in [0.4, 0.5) is 0 Å². The predicted molar refractivity (Wildman–Crippen MR) is 94.4 cm³/mol. The Morgan fingerprint density at radius 2 is 1.78 bits per heavy atom. The van der Waals surface area contributed by atoms with E-state index in [0.717, 1.165) is 29.9 Å². The van der Waals surface area contributed by atoms with Crippen molar-refractivity contribution in [3.63, 3.8) is 0 Å². The third-order valence-electron chi connectivity index (χ3n) is 4.93. The molecule has 3 atom stereocenters. The smallest absolute Gasteiger partial charge is 0.162 e. The van der Waals surface area contributed by atoms with Crippen LogP contribution in [0.15, 0.2) is 18.2 Å². The van der Waals surface area contributed by atoms with E-state index >= 15 is 0 Å². The molecule has 0 aliphatic carbocycles. The van der Waals surface area contributed by atoms with Gasteiger partial charge in [-0.2, -0.15) is 0 Å². The maximum absolute atomic E-state index is 6.27. The molecule has 3 heteroatoms. The predicted octanol–water partition coefficient (Wildman–Crippen LogP) is 4.10. The zero-order valence-electron chi connectivity index (χ0n) is 15.3. The molecule has 0 N–H and O–H groups in total. The minimum absolute atomic E-state index is 0.128. The summed E-state index contributed by atoms with van der Waals surface area (Å²) in [5, 5.41) is 0. The van der Waals surface area contributed by atoms with E-state index in [0.29, 0.717) is 6.61 Å². The van der Waals surface area contributed by atoms with E-state index in [-0.39, 0.29) is 11.5 Å². The number of piperidine rings is 1. The zero-order chi connectivity index (χ0) is 16.6. The average molecular weight is 317 g/mol. The maximum atomic E-state index is 6.27. The van der Waals surface area contributed by atoms with E-state index in [1.165, 1.54) is 25.1 Å². The first-order chi connectivity index (χ1) is 10.8. The van der Waals surface area contributed by atoms with Gasteiger partial charge in [0.2, 0.25) is 0 Å². The second kappa shape index (κ2) is 6.35. The number of hydrogen-bond acceptors (Lipinski definition) is 3. The molecule has 2 heterocycles. The number of ether oxygens (including phenoxy) is 2. The molecule has 2 aliphatic heterocycles. The second-order valence-electron chi connectivity index (χ2n) is 8.63. The lowest BCUT2D eigenvalue weighted by Gasteiger charge is -2.38. The van der Waals surface area contributed by atoms with Gasteiger partial charge in [-0.25, -0.2) is 0 Å². The van der Waals surface area contributed by atoms with Crippen molar-refractivity contribution in [1.82, 2.24) is 4.90 Å². The summed E-state index contributed by atoms with van der Waals surface area (Å²) in [5.74, 6) is 3.35. The van der Waals surface area contributed by atoms with Crippen LogP contribution in [0.25, 0.3) is 0 Å². The Morgan fingerprint density at radius 3 is 2.43 bits per heavy atom. The van der Waals surface area contributed by atoms with Crippen molar-refractivity contribution >= 4 is 0 Å². The highest BCUT2D eigenvalue weighted by Crippen LogP contribution is 2.36. The van der Waals surface area contributed by atoms with Gasteiger partial charge in [0.15, 0.2) is 11.5 Å². The number of hydrogen-bond donors (Lipinski definition) is 0. The van der Waals surface area contributed by atoms with Crippen molar-refractivity contribution in [1.29, 1.82) is 0 Å². The summed E-state index contributed by atoms with van der Waals surface area (Å²) in [6.45, 7) is 15.4. The van der Waals surface area contributed by atoms with Crippen LogP contribution in [-0.2, 0) is 5.41 Å². The number of nitrogens with zero attached hydrogens (tertiary/aromatic N) is 1. The Kier molecular flexibility index (Phi) is 4.59. The van der Waals surface area contributed by atoms with Gasteiger partial charge in [-0.15, -0.1) is 0 Å². The Labute approximate surface area is 141 Å². The first-order valence-electron chi connectivity index (χ1n) is 8.97. The van der Waals surface area contributed by atoms with Crippen LogP contribution in [0.1, 0.15) is 46.6 Å². The topological polar surface area (TPSA) is 21.7 Å². The molecule has 0 amide bonds. The van der Waals surface area contributed by atoms with Crippen LogP contribution < -0.4 is 9.47 Å². The highest BCUT2D eigenvalue weighted by Gasteiger charge is 2.28. The minimum atomic E-state index is 0.128. The standard InChI is InChI=1S/C20H31NO2/c1-14-8-15(2)11-21(10-14)12-17-13-22-18-7-6-16(20(3,4)5)9-19(18)23-17/h6-7,9,14-15,17H,8,10-13H2,1-5H3. The quantitative estimate of drug-likeness (QED) is 0.819. The summed E-state index contributed by atoms with van der Waals surface area (Å²) in [6, 6.07) is 6.36. The Morgan fingerprint density at radius 1 is 1.09 bits per heavy atom. The summed E-state index contributed by atoms with van der Waals surface area (Å²) in [5.41, 5.74) is 1.42. The molecule has 23 heavy (non-hydrogen) atoms. The fourth-order valence-electron chi connectivity index (χ4n) is 3.90. The molecule has 2 aliphatic rings. The fraction of sp³-hybridized carbons (Fsp3) is 0.700. The molecule has 0 saturated carbocycles. The van der Waals surface area contributed by atoms with Crippen molar-refractivity contribution < 1.29 is 9.47 Å². The lowest BCUT2D eigenvalue weighted by molar-refractivity contribution is 0.0372. The fourth-order valence-corrected chi connectivity index (χ4v) is 3.90. The van der Waals surface area contributed by atoms with E-state index in [1.807, 2.05) is 0 Å². The monoisotopic (exact) mass is 317 g/mol. The van der Waals surface area contributed by atoms with Gasteiger partial charge in [0.25, 0.3) is 0 Å². The first-order valence-corrected chi connectivity index (χ1v) is 8.97. The molecule has 3 rings (SSSR count). The molecule has 0 bridgehead atoms. The molecular weight excluding hydrogens is 286 g/mol. The number of fused-ring (bicyclic) bond motifs is 1. The Hall–Kier alpha value is -1.22. The summed E-state index contributed by atoms with van der Waals surface area (Å²) in [7, 11) is 0. The van der Waals surface area contributed by atoms with Crippen LogP contribution in [0.3, 0.4) is 0 Å². The first kappa shape index (κ1) is 16.6. The van der Waals surface area contributed by atoms with Crippen molar-refractivity contribution in [2.45, 2.75) is 52.6 Å². The van der Waals surface area contributed by atoms with Crippen molar-refractivity contribution in [2.24, 2.45) is 11.8 Å². The molecule has 1 saturated heterocycles. The highest BCUT2D eigenvalue weighted by molar-refractivity contribution is 5.45. The van der Waals surface area contributed by atoms with E-state index in [2.05, 4.69) is 57.7 Å². The van der Waals surface area contributed by atoms with E-state index in [4.69, 9.17) is 9.47 Å². The summed E-state index contributed by atoms with van der Waals surface area (Å²) >= 11 is 0. The molecule has 0 radical (unpaired) electrons. The third-order valence-corrected chi connectivity index (χ3v) is 4.93. The lowest BCUT2D eigenvalue weighted by Crippen LogP contribution is -2.46. The van der Waals surface area contributed by atoms with Gasteiger partial charge >= 0.3 is 0 Å². The molecule has 0 spiro atoms. The minimum Gasteiger partial charge on any atom is -0.486 e. The van der Waals surface area contributed by atoms with Crippen LogP contribution in [0.5, 0.6) is 11.5 Å². The van der Waals surface area contributed by atoms with Crippen molar-refractivity contribution in [3.05, 3.63) is 23.8 Å². The van der Waals surface area contributed by atoms with Gasteiger partial charge in [-0.05, 0) is 41.4 Å². The molecule has 1 aromatic rings. The number of rotatable bonds is 2. The van der Waals surface area contributed by atoms with E-state index in [1.54, 1.807) is 0 Å². The van der Waals surface area contributed by atoms with Gasteiger partial charge < -0.3 is 9.47 Å². The van der Waals surface area contributed by atoms with Crippen molar-refractivity contribution in [3.8, 4) is 11.5 Å². The van der Waals surface area contributed by atoms with E-state index in [9.17, 15) is 0 Å². The largest absolute Gasteiger partial charge is 0.486 e. The Bertz CT molecular complexity index is 539. The van der Waals surface area contributed by atoms with Gasteiger partial charge in [0.1, 0.15) is 12.7 Å². The molecule has 0 aromatic heterocycles. The average Bonchev–Trinajstić information content (AvgIpc) is 2.44. The molecule has 128 valence electrons. The normalized spacial score (nSPS) is 28.7. The SMILES string of the molecule is CC1CC(C)CN(CC2COc3ccc(C(C)(C)C)cc3O2)C1. The van der Waals surface area contributed by atoms with Crippen LogP contribution in [0, 0.1) is 11.8 Å². The number of likely N-dealkylation sites (tertiary alicyclic amines) is 1. The summed E-state index contributed by atoms with van der Waals surface area (Å²) in [4.78, 5) is 2.55. The molecule has 1 aromatic carbocycles. The van der Waals surface area contributed by atoms with Crippen LogP contribution >= 0.6 is 0 Å².